The van der Waals surface area contributed by atoms with Crippen molar-refractivity contribution in [3.05, 3.63) is 0 Å². The fourth-order valence-electron chi connectivity index (χ4n) is 18.4. The highest BCUT2D eigenvalue weighted by molar-refractivity contribution is 5.81. The van der Waals surface area contributed by atoms with Crippen molar-refractivity contribution in [3.8, 4) is 0 Å². The summed E-state index contributed by atoms with van der Waals surface area (Å²) < 4.78 is 0. The number of carboxylic acid groups (broad SMARTS) is 16. The number of ketones is 2. The summed E-state index contributed by atoms with van der Waals surface area (Å²) in [5.74, 6) is -23.9. The van der Waals surface area contributed by atoms with Crippen LogP contribution in [0.5, 0.6) is 0 Å². The van der Waals surface area contributed by atoms with Gasteiger partial charge in [0.1, 0.15) is 11.6 Å². The minimum absolute atomic E-state index is 0.00526. The van der Waals surface area contributed by atoms with Crippen LogP contribution in [0.2, 0.25) is 0 Å². The average molecular weight is 1920 g/mol. The number of nitrogens with zero attached hydrogens (tertiary/aromatic N) is 14. The molecule has 0 atom stereocenters. The van der Waals surface area contributed by atoms with Crippen molar-refractivity contribution in [2.75, 3.05) is 262 Å². The number of unbranched alkanes of at least 4 members (excludes halogenated alkanes) is 3. The molecule has 134 heavy (non-hydrogen) atoms. The van der Waals surface area contributed by atoms with E-state index >= 15 is 0 Å². The summed E-state index contributed by atoms with van der Waals surface area (Å²) in [5.41, 5.74) is -6.40. The Morgan fingerprint density at radius 1 is 0.209 bits per heavy atom. The first-order valence-corrected chi connectivity index (χ1v) is 44.3. The Kier molecular flexibility index (Phi) is 50.5. The van der Waals surface area contributed by atoms with E-state index < -0.39 is 234 Å². The van der Waals surface area contributed by atoms with Crippen LogP contribution in [0.15, 0.2) is 0 Å². The number of hydrogen-bond donors (Lipinski definition) is 18. The number of aliphatic carboxylic acids is 16. The van der Waals surface area contributed by atoms with Gasteiger partial charge < -0.3 is 102 Å². The fraction of sp³-hybridized carbons (Fsp3) is 0.756. The Bertz CT molecular complexity index is 3340. The van der Waals surface area contributed by atoms with Crippen molar-refractivity contribution in [3.63, 3.8) is 0 Å². The molecule has 4 heterocycles. The zero-order chi connectivity index (χ0) is 100. The van der Waals surface area contributed by atoms with Crippen LogP contribution in [0.3, 0.4) is 0 Å². The first-order valence-electron chi connectivity index (χ1n) is 44.3. The van der Waals surface area contributed by atoms with E-state index in [1.807, 2.05) is 9.80 Å². The lowest BCUT2D eigenvalue weighted by molar-refractivity contribution is -0.149. The topological polar surface area (TPSA) is 735 Å². The number of amides is 2. The number of carboxylic acids is 16. The zero-order valence-electron chi connectivity index (χ0n) is 75.6. The summed E-state index contributed by atoms with van der Waals surface area (Å²) in [6.07, 6.45) is 0.135. The average Bonchev–Trinajstić information content (AvgIpc) is 1.50. The molecule has 0 aromatic rings. The number of nitrogens with one attached hydrogen (secondary N) is 2. The molecule has 0 aromatic carbocycles. The van der Waals surface area contributed by atoms with Gasteiger partial charge in [-0.1, -0.05) is 0 Å². The van der Waals surface area contributed by atoms with Crippen LogP contribution in [0.25, 0.3) is 0 Å². The van der Waals surface area contributed by atoms with Crippen molar-refractivity contribution < 1.29 is 178 Å². The van der Waals surface area contributed by atoms with Crippen LogP contribution in [0.1, 0.15) is 116 Å². The van der Waals surface area contributed by atoms with Gasteiger partial charge in [0, 0.05) is 178 Å². The van der Waals surface area contributed by atoms with Crippen molar-refractivity contribution in [2.45, 2.75) is 138 Å². The van der Waals surface area contributed by atoms with Crippen LogP contribution in [-0.4, -0.2) is 553 Å². The van der Waals surface area contributed by atoms with E-state index in [0.717, 1.165) is 19.6 Å². The molecule has 0 aliphatic carbocycles. The molecule has 0 bridgehead atoms. The highest BCUT2D eigenvalue weighted by atomic mass is 16.4. The third-order valence-corrected chi connectivity index (χ3v) is 24.1. The van der Waals surface area contributed by atoms with Crippen LogP contribution in [0, 0.1) is 0 Å². The number of Topliss-reactive ketones (excluding diaryl/α,β-unsaturated/α-hetero) is 2. The molecule has 0 spiro atoms. The van der Waals surface area contributed by atoms with E-state index in [0.29, 0.717) is 51.9 Å². The second-order valence-electron chi connectivity index (χ2n) is 35.1. The van der Waals surface area contributed by atoms with Gasteiger partial charge in [-0.3, -0.25) is 155 Å². The molecule has 4 saturated heterocycles. The zero-order valence-corrected chi connectivity index (χ0v) is 75.6. The standard InChI is InChI=1S/C82H134N16O36/c99-59(11-15-79(95(43-71(119)120)44-72(121)122)51-87(35-63(103)104)27-28-88(52-79)36-64(105)106)9-1-3-21-85(25-7-19-83-61(101)13-17-81(97(47-75(127)128)48-76(129)130)55-91(39-67(111)112)31-32-92(56-81)40-68(113)114)23-5-6-24-86(22-4-2-10-60(100)12-16-80(96(45-73(123)124)46-74(125)126)53-89(37-65(107)108)29-30-90(54-80)38-66(109)110)26-8-20-84-62(102)14-18-82(98(49-77(131)132)50-78(133)134)57-93(41-69(115)116)33-34-94(58-82)42-70(117)118/h1-58H2,(H,83,101)(H,84,102)(H,103,104)(H,105,106)(H,107,108)(H,109,110)(H,111,112)(H,113,114)(H,115,116)(H,117,118)(H,119,120)(H,121,122)(H,123,124)(H,125,126)(H,127,128)(H,129,130)(H,131,132)(H,133,134). The smallest absolute Gasteiger partial charge is 0.317 e. The normalized spacial score (nSPS) is 17.3. The summed E-state index contributed by atoms with van der Waals surface area (Å²) in [6, 6.07) is 0. The predicted molar refractivity (Wildman–Crippen MR) is 463 cm³/mol. The first kappa shape index (κ1) is 116. The lowest BCUT2D eigenvalue weighted by Gasteiger charge is -2.45. The second-order valence-corrected chi connectivity index (χ2v) is 35.1. The van der Waals surface area contributed by atoms with Gasteiger partial charge in [-0.2, -0.15) is 0 Å². The molecule has 0 saturated carbocycles. The molecule has 4 fully saturated rings. The lowest BCUT2D eigenvalue weighted by atomic mass is 9.87. The van der Waals surface area contributed by atoms with Gasteiger partial charge in [-0.15, -0.1) is 0 Å². The number of hydrogen-bond acceptors (Lipinski definition) is 34. The van der Waals surface area contributed by atoms with E-state index in [4.69, 9.17) is 0 Å². The second kappa shape index (κ2) is 58.5. The van der Waals surface area contributed by atoms with E-state index in [-0.39, 0.29) is 232 Å². The molecule has 52 heteroatoms. The Hall–Kier alpha value is -10.8. The molecule has 0 radical (unpaired) electrons. The largest absolute Gasteiger partial charge is 0.480 e. The third-order valence-electron chi connectivity index (χ3n) is 24.1. The molecule has 0 aromatic heterocycles. The fourth-order valence-corrected chi connectivity index (χ4v) is 18.4. The molecular formula is C82H134N16O36. The minimum atomic E-state index is -1.62. The van der Waals surface area contributed by atoms with E-state index in [1.165, 1.54) is 39.2 Å². The van der Waals surface area contributed by atoms with Gasteiger partial charge in [-0.25, -0.2) is 0 Å². The van der Waals surface area contributed by atoms with Gasteiger partial charge in [0.15, 0.2) is 0 Å². The lowest BCUT2D eigenvalue weighted by Crippen LogP contribution is -2.62. The molecule has 52 nitrogen and oxygen atoms in total. The summed E-state index contributed by atoms with van der Waals surface area (Å²) in [6.45, 7) is -12.1. The van der Waals surface area contributed by atoms with Gasteiger partial charge in [0.25, 0.3) is 0 Å². The van der Waals surface area contributed by atoms with Crippen LogP contribution in [0.4, 0.5) is 0 Å². The quantitative estimate of drug-likeness (QED) is 0.0252. The van der Waals surface area contributed by atoms with Crippen molar-refractivity contribution in [2.24, 2.45) is 0 Å². The molecule has 18 N–H and O–H groups in total. The van der Waals surface area contributed by atoms with E-state index in [9.17, 15) is 178 Å². The van der Waals surface area contributed by atoms with Crippen molar-refractivity contribution >= 4 is 119 Å². The Balaban J connectivity index is 1.71. The van der Waals surface area contributed by atoms with E-state index in [1.54, 1.807) is 0 Å². The van der Waals surface area contributed by atoms with Crippen LogP contribution >= 0.6 is 0 Å². The molecule has 4 aliphatic heterocycles. The number of rotatable bonds is 71. The highest BCUT2D eigenvalue weighted by Gasteiger charge is 2.50. The van der Waals surface area contributed by atoms with Crippen LogP contribution < -0.4 is 10.6 Å². The first-order chi connectivity index (χ1) is 63.0. The monoisotopic (exact) mass is 1920 g/mol. The summed E-state index contributed by atoms with van der Waals surface area (Å²) in [7, 11) is 0. The van der Waals surface area contributed by atoms with Gasteiger partial charge in [-0.05, 0) is 116 Å². The SMILES string of the molecule is O=C(O)CN1CCN(CC(=O)O)CC(CCC(=O)CCCCN(CCCCN(CCCCC(=O)CCC2(N(CC(=O)O)CC(=O)O)CN(CC(=O)O)CCN(CC(=O)O)C2)CCCNC(=O)CCC2(N(CC(=O)O)CC(=O)O)CN(CC(=O)O)CCN(CC(=O)O)C2)CCCNC(=O)CCC2(N(CC(=O)O)CC(=O)O)CN(CC(=O)O)CCN(CC(=O)O)C2)(N(CC(=O)O)CC(=O)O)C1. The molecule has 4 aliphatic rings. The maximum absolute atomic E-state index is 14.1. The Labute approximate surface area is 772 Å². The van der Waals surface area contributed by atoms with Crippen molar-refractivity contribution in [1.29, 1.82) is 0 Å². The maximum Gasteiger partial charge on any atom is 0.317 e. The predicted octanol–water partition coefficient (Wildman–Crippen LogP) is -6.03. The molecule has 2 amide bonds. The van der Waals surface area contributed by atoms with E-state index in [2.05, 4.69) is 10.6 Å². The minimum Gasteiger partial charge on any atom is -0.480 e. The number of carbonyl (C=O) groups is 20. The number of carbonyl (C=O) groups excluding carboxylic acids is 4. The Morgan fingerprint density at radius 3 is 0.545 bits per heavy atom. The molecular weight excluding hydrogens is 1780 g/mol. The van der Waals surface area contributed by atoms with Gasteiger partial charge in [0.05, 0.1) is 105 Å². The maximum atomic E-state index is 14.1. The highest BCUT2D eigenvalue weighted by Crippen LogP contribution is 2.34. The summed E-state index contributed by atoms with van der Waals surface area (Å²) in [4.78, 5) is 272. The molecule has 0 unspecified atom stereocenters. The molecule has 4 rings (SSSR count). The summed E-state index contributed by atoms with van der Waals surface area (Å²) >= 11 is 0. The van der Waals surface area contributed by atoms with Gasteiger partial charge in [0.2, 0.25) is 11.8 Å². The summed E-state index contributed by atoms with van der Waals surface area (Å²) in [5, 5.41) is 165. The van der Waals surface area contributed by atoms with Crippen LogP contribution in [-0.2, 0) is 95.9 Å². The Morgan fingerprint density at radius 2 is 0.373 bits per heavy atom. The third kappa shape index (κ3) is 45.5. The van der Waals surface area contributed by atoms with Crippen molar-refractivity contribution in [1.82, 2.24) is 79.2 Å². The molecule has 758 valence electrons. The van der Waals surface area contributed by atoms with Gasteiger partial charge >= 0.3 is 95.5 Å².